The van der Waals surface area contributed by atoms with Gasteiger partial charge in [-0.15, -0.1) is 0 Å². The largest absolute Gasteiger partial charge is 0.394 e. The molecular formula is C10H19NO2. The highest BCUT2D eigenvalue weighted by Crippen LogP contribution is 2.28. The van der Waals surface area contributed by atoms with Gasteiger partial charge >= 0.3 is 0 Å². The van der Waals surface area contributed by atoms with Crippen LogP contribution >= 0.6 is 0 Å². The minimum absolute atomic E-state index is 0.0301. The van der Waals surface area contributed by atoms with E-state index >= 15 is 0 Å². The first kappa shape index (κ1) is 9.44. The SMILES string of the molecule is OCC1(NC2CC2)CCCOCC1. The Hall–Kier alpha value is -0.120. The van der Waals surface area contributed by atoms with Gasteiger partial charge in [-0.05, 0) is 32.1 Å². The lowest BCUT2D eigenvalue weighted by Crippen LogP contribution is -2.49. The maximum atomic E-state index is 9.43. The number of nitrogens with one attached hydrogen (secondary N) is 1. The molecule has 1 unspecified atom stereocenters. The second-order valence-electron chi connectivity index (χ2n) is 4.32. The molecule has 0 spiro atoms. The lowest BCUT2D eigenvalue weighted by atomic mass is 9.91. The van der Waals surface area contributed by atoms with Crippen LogP contribution in [0.25, 0.3) is 0 Å². The van der Waals surface area contributed by atoms with Gasteiger partial charge in [-0.25, -0.2) is 0 Å². The highest BCUT2D eigenvalue weighted by Gasteiger charge is 2.35. The fraction of sp³-hybridized carbons (Fsp3) is 1.00. The van der Waals surface area contributed by atoms with Crippen molar-refractivity contribution in [3.8, 4) is 0 Å². The van der Waals surface area contributed by atoms with E-state index in [2.05, 4.69) is 5.32 Å². The highest BCUT2D eigenvalue weighted by molar-refractivity contribution is 4.95. The van der Waals surface area contributed by atoms with Gasteiger partial charge in [0.2, 0.25) is 0 Å². The number of hydrogen-bond donors (Lipinski definition) is 2. The summed E-state index contributed by atoms with van der Waals surface area (Å²) in [7, 11) is 0. The summed E-state index contributed by atoms with van der Waals surface area (Å²) in [5, 5.41) is 13.0. The van der Waals surface area contributed by atoms with Gasteiger partial charge in [0, 0.05) is 24.8 Å². The Kier molecular flexibility index (Phi) is 2.86. The molecule has 0 aromatic rings. The zero-order chi connectivity index (χ0) is 9.15. The van der Waals surface area contributed by atoms with Crippen LogP contribution in [0.2, 0.25) is 0 Å². The van der Waals surface area contributed by atoms with E-state index < -0.39 is 0 Å². The molecule has 2 N–H and O–H groups in total. The zero-order valence-electron chi connectivity index (χ0n) is 8.09. The van der Waals surface area contributed by atoms with Gasteiger partial charge in [-0.3, -0.25) is 0 Å². The molecule has 1 aliphatic carbocycles. The van der Waals surface area contributed by atoms with Crippen LogP contribution in [-0.2, 0) is 4.74 Å². The van der Waals surface area contributed by atoms with Crippen molar-refractivity contribution in [3.05, 3.63) is 0 Å². The first-order valence-electron chi connectivity index (χ1n) is 5.31. The molecule has 2 rings (SSSR count). The summed E-state index contributed by atoms with van der Waals surface area (Å²) in [5.74, 6) is 0. The van der Waals surface area contributed by atoms with Crippen molar-refractivity contribution in [2.75, 3.05) is 19.8 Å². The van der Waals surface area contributed by atoms with Crippen molar-refractivity contribution in [2.45, 2.75) is 43.7 Å². The third-order valence-electron chi connectivity index (χ3n) is 3.06. The average Bonchev–Trinajstić information content (AvgIpc) is 2.94. The normalized spacial score (nSPS) is 35.8. The molecule has 1 atom stereocenters. The van der Waals surface area contributed by atoms with E-state index in [0.29, 0.717) is 6.04 Å². The second-order valence-corrected chi connectivity index (χ2v) is 4.32. The molecule has 0 radical (unpaired) electrons. The Balaban J connectivity index is 1.92. The molecule has 3 nitrogen and oxygen atoms in total. The fourth-order valence-corrected chi connectivity index (χ4v) is 2.02. The van der Waals surface area contributed by atoms with Crippen LogP contribution in [-0.4, -0.2) is 36.5 Å². The predicted octanol–water partition coefficient (Wildman–Crippen LogP) is 0.670. The van der Waals surface area contributed by atoms with Crippen molar-refractivity contribution in [1.29, 1.82) is 0 Å². The Morgan fingerprint density at radius 1 is 1.31 bits per heavy atom. The smallest absolute Gasteiger partial charge is 0.0614 e. The van der Waals surface area contributed by atoms with E-state index in [0.717, 1.165) is 32.5 Å². The summed E-state index contributed by atoms with van der Waals surface area (Å²) in [5.41, 5.74) is -0.0301. The van der Waals surface area contributed by atoms with Gasteiger partial charge in [0.05, 0.1) is 6.61 Å². The number of aliphatic hydroxyl groups excluding tert-OH is 1. The van der Waals surface area contributed by atoms with Gasteiger partial charge in [0.1, 0.15) is 0 Å². The fourth-order valence-electron chi connectivity index (χ4n) is 2.02. The molecule has 0 bridgehead atoms. The van der Waals surface area contributed by atoms with Crippen LogP contribution in [0.3, 0.4) is 0 Å². The van der Waals surface area contributed by atoms with E-state index in [1.165, 1.54) is 12.8 Å². The molecule has 1 aliphatic heterocycles. The van der Waals surface area contributed by atoms with Gasteiger partial charge in [0.15, 0.2) is 0 Å². The van der Waals surface area contributed by atoms with Gasteiger partial charge < -0.3 is 15.2 Å². The lowest BCUT2D eigenvalue weighted by molar-refractivity contribution is 0.113. The molecule has 0 aromatic carbocycles. The topological polar surface area (TPSA) is 41.5 Å². The monoisotopic (exact) mass is 185 g/mol. The van der Waals surface area contributed by atoms with Crippen molar-refractivity contribution in [3.63, 3.8) is 0 Å². The van der Waals surface area contributed by atoms with Crippen LogP contribution < -0.4 is 5.32 Å². The zero-order valence-corrected chi connectivity index (χ0v) is 8.09. The summed E-state index contributed by atoms with van der Waals surface area (Å²) < 4.78 is 5.40. The van der Waals surface area contributed by atoms with Gasteiger partial charge in [-0.1, -0.05) is 0 Å². The molecule has 1 heterocycles. The summed E-state index contributed by atoms with van der Waals surface area (Å²) in [6.07, 6.45) is 5.64. The highest BCUT2D eigenvalue weighted by atomic mass is 16.5. The first-order valence-corrected chi connectivity index (χ1v) is 5.31. The number of aliphatic hydroxyl groups is 1. The van der Waals surface area contributed by atoms with Gasteiger partial charge in [0.25, 0.3) is 0 Å². The molecule has 1 saturated heterocycles. The minimum Gasteiger partial charge on any atom is -0.394 e. The Morgan fingerprint density at radius 3 is 2.85 bits per heavy atom. The average molecular weight is 185 g/mol. The van der Waals surface area contributed by atoms with E-state index in [1.54, 1.807) is 0 Å². The summed E-state index contributed by atoms with van der Waals surface area (Å²) in [4.78, 5) is 0. The Morgan fingerprint density at radius 2 is 2.15 bits per heavy atom. The molecule has 0 aromatic heterocycles. The summed E-state index contributed by atoms with van der Waals surface area (Å²) in [6.45, 7) is 1.90. The second kappa shape index (κ2) is 3.95. The quantitative estimate of drug-likeness (QED) is 0.679. The van der Waals surface area contributed by atoms with Crippen molar-refractivity contribution in [1.82, 2.24) is 5.32 Å². The molecule has 76 valence electrons. The maximum absolute atomic E-state index is 9.43. The van der Waals surface area contributed by atoms with E-state index in [1.807, 2.05) is 0 Å². The minimum atomic E-state index is -0.0301. The number of rotatable bonds is 3. The molecule has 2 fully saturated rings. The van der Waals surface area contributed by atoms with Crippen LogP contribution in [0, 0.1) is 0 Å². The van der Waals surface area contributed by atoms with E-state index in [9.17, 15) is 5.11 Å². The molecule has 2 aliphatic rings. The molecular weight excluding hydrogens is 166 g/mol. The standard InChI is InChI=1S/C10H19NO2/c12-8-10(11-9-2-3-9)4-1-6-13-7-5-10/h9,11-12H,1-8H2. The van der Waals surface area contributed by atoms with Crippen molar-refractivity contribution < 1.29 is 9.84 Å². The van der Waals surface area contributed by atoms with Crippen molar-refractivity contribution in [2.24, 2.45) is 0 Å². The summed E-state index contributed by atoms with van der Waals surface area (Å²) >= 11 is 0. The van der Waals surface area contributed by atoms with Crippen LogP contribution in [0.1, 0.15) is 32.1 Å². The molecule has 3 heteroatoms. The van der Waals surface area contributed by atoms with Crippen LogP contribution in [0.15, 0.2) is 0 Å². The molecule has 13 heavy (non-hydrogen) atoms. The summed E-state index contributed by atoms with van der Waals surface area (Å²) in [6, 6.07) is 0.672. The van der Waals surface area contributed by atoms with E-state index in [4.69, 9.17) is 4.74 Å². The van der Waals surface area contributed by atoms with E-state index in [-0.39, 0.29) is 12.1 Å². The lowest BCUT2D eigenvalue weighted by Gasteiger charge is -2.31. The van der Waals surface area contributed by atoms with Crippen molar-refractivity contribution >= 4 is 0 Å². The van der Waals surface area contributed by atoms with Crippen LogP contribution in [0.5, 0.6) is 0 Å². The molecule has 1 saturated carbocycles. The van der Waals surface area contributed by atoms with Crippen LogP contribution in [0.4, 0.5) is 0 Å². The predicted molar refractivity (Wildman–Crippen MR) is 50.6 cm³/mol. The first-order chi connectivity index (χ1) is 6.35. The van der Waals surface area contributed by atoms with Gasteiger partial charge in [-0.2, -0.15) is 0 Å². The number of hydrogen-bond acceptors (Lipinski definition) is 3. The third kappa shape index (κ3) is 2.42. The number of ether oxygens (including phenoxy) is 1. The molecule has 0 amide bonds. The Labute approximate surface area is 79.5 Å². The third-order valence-corrected chi connectivity index (χ3v) is 3.06. The maximum Gasteiger partial charge on any atom is 0.0614 e. The Bertz CT molecular complexity index is 160.